The summed E-state index contributed by atoms with van der Waals surface area (Å²) in [6.45, 7) is 0.511. The number of benzene rings is 3. The fraction of sp³-hybridized carbons (Fsp3) is 0.167. The van der Waals surface area contributed by atoms with E-state index in [1.165, 1.54) is 0 Å². The molecule has 1 aliphatic rings. The van der Waals surface area contributed by atoms with Crippen LogP contribution in [-0.4, -0.2) is 26.0 Å². The average molecular weight is 579 g/mol. The minimum Gasteiger partial charge on any atom is -0.493 e. The smallest absolute Gasteiger partial charge is 0.244 e. The van der Waals surface area contributed by atoms with Crippen LogP contribution in [0.3, 0.4) is 0 Å². The first-order chi connectivity index (χ1) is 16.0. The summed E-state index contributed by atoms with van der Waals surface area (Å²) in [6, 6.07) is 16.6. The highest BCUT2D eigenvalue weighted by atomic mass is 127. The summed E-state index contributed by atoms with van der Waals surface area (Å²) in [5.74, 6) is 2.25. The maximum absolute atomic E-state index is 12.2. The Hall–Kier alpha value is -2.98. The largest absolute Gasteiger partial charge is 0.493 e. The van der Waals surface area contributed by atoms with Gasteiger partial charge in [-0.3, -0.25) is 4.79 Å². The molecule has 0 bridgehead atoms. The van der Waals surface area contributed by atoms with Crippen molar-refractivity contribution in [2.45, 2.75) is 13.0 Å². The lowest BCUT2D eigenvalue weighted by atomic mass is 10.1. The lowest BCUT2D eigenvalue weighted by molar-refractivity contribution is -0.120. The van der Waals surface area contributed by atoms with Gasteiger partial charge in [-0.25, -0.2) is 5.43 Å². The van der Waals surface area contributed by atoms with Crippen LogP contribution in [0.2, 0.25) is 5.02 Å². The molecular formula is C24H20ClIN2O5. The maximum atomic E-state index is 12.2. The molecule has 4 rings (SSSR count). The predicted molar refractivity (Wildman–Crippen MR) is 134 cm³/mol. The van der Waals surface area contributed by atoms with Gasteiger partial charge >= 0.3 is 0 Å². The Morgan fingerprint density at radius 3 is 2.82 bits per heavy atom. The fourth-order valence-electron chi connectivity index (χ4n) is 3.17. The van der Waals surface area contributed by atoms with Gasteiger partial charge in [0.05, 0.1) is 23.3 Å². The van der Waals surface area contributed by atoms with Gasteiger partial charge in [0.2, 0.25) is 12.7 Å². The maximum Gasteiger partial charge on any atom is 0.244 e. The van der Waals surface area contributed by atoms with Gasteiger partial charge in [-0.1, -0.05) is 35.9 Å². The van der Waals surface area contributed by atoms with Crippen LogP contribution in [0.25, 0.3) is 0 Å². The number of nitrogens with zero attached hydrogens (tertiary/aromatic N) is 1. The first-order valence-corrected chi connectivity index (χ1v) is 11.4. The van der Waals surface area contributed by atoms with Gasteiger partial charge in [0, 0.05) is 10.6 Å². The number of rotatable bonds is 8. The third-order valence-electron chi connectivity index (χ3n) is 4.79. The molecule has 0 aliphatic carbocycles. The number of halogens is 2. The third-order valence-corrected chi connectivity index (χ3v) is 5.96. The van der Waals surface area contributed by atoms with Crippen molar-refractivity contribution in [3.8, 4) is 23.0 Å². The zero-order valence-electron chi connectivity index (χ0n) is 17.6. The molecule has 0 radical (unpaired) electrons. The van der Waals surface area contributed by atoms with Gasteiger partial charge in [-0.05, 0) is 64.0 Å². The van der Waals surface area contributed by atoms with E-state index in [2.05, 4.69) is 33.1 Å². The Morgan fingerprint density at radius 2 is 2.00 bits per heavy atom. The van der Waals surface area contributed by atoms with Gasteiger partial charge in [-0.2, -0.15) is 5.10 Å². The molecule has 0 spiro atoms. The summed E-state index contributed by atoms with van der Waals surface area (Å²) in [4.78, 5) is 12.2. The molecule has 1 aliphatic heterocycles. The molecule has 1 amide bonds. The van der Waals surface area contributed by atoms with Crippen LogP contribution in [0.15, 0.2) is 59.7 Å². The highest BCUT2D eigenvalue weighted by molar-refractivity contribution is 14.1. The van der Waals surface area contributed by atoms with E-state index in [9.17, 15) is 4.79 Å². The number of amides is 1. The van der Waals surface area contributed by atoms with Crippen LogP contribution < -0.4 is 24.4 Å². The number of carbonyl (C=O) groups excluding carboxylic acids is 1. The molecule has 0 fully saturated rings. The molecule has 33 heavy (non-hydrogen) atoms. The number of hydrazone groups is 1. The summed E-state index contributed by atoms with van der Waals surface area (Å²) >= 11 is 8.38. The number of ether oxygens (including phenoxy) is 4. The number of methoxy groups -OCH3 is 1. The SMILES string of the molecule is COc1cc(/C=N\NC(=O)Cc2ccc3c(c2)OCO3)cc(I)c1OCc1ccccc1Cl. The first kappa shape index (κ1) is 23.2. The molecule has 9 heteroatoms. The summed E-state index contributed by atoms with van der Waals surface area (Å²) in [5.41, 5.74) is 4.99. The zero-order chi connectivity index (χ0) is 23.2. The van der Waals surface area contributed by atoms with Crippen LogP contribution in [0.1, 0.15) is 16.7 Å². The molecule has 3 aromatic rings. The predicted octanol–water partition coefficient (Wildman–Crippen LogP) is 4.95. The van der Waals surface area contributed by atoms with Crippen molar-refractivity contribution in [3.63, 3.8) is 0 Å². The quantitative estimate of drug-likeness (QED) is 0.232. The second-order valence-corrected chi connectivity index (χ2v) is 8.64. The molecule has 0 saturated heterocycles. The normalized spacial score (nSPS) is 12.1. The molecule has 0 saturated carbocycles. The second-order valence-electron chi connectivity index (χ2n) is 7.07. The van der Waals surface area contributed by atoms with Crippen molar-refractivity contribution in [3.05, 3.63) is 79.9 Å². The standard InChI is InChI=1S/C24H20ClIN2O5/c1-30-22-10-16(8-19(26)24(22)31-13-17-4-2-3-5-18(17)25)12-27-28-23(29)11-15-6-7-20-21(9-15)33-14-32-20/h2-10,12H,11,13-14H2,1H3,(H,28,29)/b27-12-. The molecule has 7 nitrogen and oxygen atoms in total. The van der Waals surface area contributed by atoms with Crippen molar-refractivity contribution in [1.29, 1.82) is 0 Å². The van der Waals surface area contributed by atoms with E-state index in [0.717, 1.165) is 20.3 Å². The minimum atomic E-state index is -0.244. The van der Waals surface area contributed by atoms with Crippen LogP contribution in [0, 0.1) is 3.57 Å². The summed E-state index contributed by atoms with van der Waals surface area (Å²) < 4.78 is 22.9. The molecule has 1 heterocycles. The molecule has 3 aromatic carbocycles. The van der Waals surface area contributed by atoms with E-state index in [4.69, 9.17) is 30.5 Å². The Bertz CT molecular complexity index is 1200. The van der Waals surface area contributed by atoms with Crippen molar-refractivity contribution in [2.24, 2.45) is 5.10 Å². The van der Waals surface area contributed by atoms with E-state index in [0.29, 0.717) is 34.6 Å². The summed E-state index contributed by atoms with van der Waals surface area (Å²) in [6.07, 6.45) is 1.73. The van der Waals surface area contributed by atoms with Gasteiger partial charge in [-0.15, -0.1) is 0 Å². The summed E-state index contributed by atoms with van der Waals surface area (Å²) in [5, 5.41) is 4.71. The fourth-order valence-corrected chi connectivity index (χ4v) is 4.15. The van der Waals surface area contributed by atoms with Gasteiger partial charge < -0.3 is 18.9 Å². The first-order valence-electron chi connectivity index (χ1n) is 9.97. The van der Waals surface area contributed by atoms with Crippen LogP contribution in [-0.2, 0) is 17.8 Å². The van der Waals surface area contributed by atoms with Crippen molar-refractivity contribution >= 4 is 46.3 Å². The molecule has 170 valence electrons. The Kier molecular flexibility index (Phi) is 7.56. The van der Waals surface area contributed by atoms with Crippen LogP contribution in [0.4, 0.5) is 0 Å². The third kappa shape index (κ3) is 5.88. The van der Waals surface area contributed by atoms with Crippen molar-refractivity contribution in [2.75, 3.05) is 13.9 Å². The lowest BCUT2D eigenvalue weighted by Crippen LogP contribution is -2.19. The van der Waals surface area contributed by atoms with Crippen molar-refractivity contribution < 1.29 is 23.7 Å². The van der Waals surface area contributed by atoms with Crippen LogP contribution >= 0.6 is 34.2 Å². The molecule has 0 atom stereocenters. The van der Waals surface area contributed by atoms with Crippen LogP contribution in [0.5, 0.6) is 23.0 Å². The van der Waals surface area contributed by atoms with Gasteiger partial charge in [0.1, 0.15) is 6.61 Å². The highest BCUT2D eigenvalue weighted by Crippen LogP contribution is 2.35. The average Bonchev–Trinajstić information content (AvgIpc) is 3.27. The van der Waals surface area contributed by atoms with Gasteiger partial charge in [0.15, 0.2) is 23.0 Å². The number of hydrogen-bond acceptors (Lipinski definition) is 6. The van der Waals surface area contributed by atoms with E-state index >= 15 is 0 Å². The Labute approximate surface area is 209 Å². The Morgan fingerprint density at radius 1 is 1.18 bits per heavy atom. The molecule has 1 N–H and O–H groups in total. The zero-order valence-corrected chi connectivity index (χ0v) is 20.6. The molecule has 0 unspecified atom stereocenters. The number of fused-ring (bicyclic) bond motifs is 1. The molecule has 0 aromatic heterocycles. The minimum absolute atomic E-state index is 0.170. The van der Waals surface area contributed by atoms with E-state index in [1.807, 2.05) is 36.4 Å². The van der Waals surface area contributed by atoms with E-state index < -0.39 is 0 Å². The second kappa shape index (κ2) is 10.8. The molecular weight excluding hydrogens is 559 g/mol. The lowest BCUT2D eigenvalue weighted by Gasteiger charge is -2.14. The van der Waals surface area contributed by atoms with E-state index in [1.54, 1.807) is 31.5 Å². The Balaban J connectivity index is 1.38. The van der Waals surface area contributed by atoms with Gasteiger partial charge in [0.25, 0.3) is 0 Å². The number of carbonyl (C=O) groups is 1. The number of hydrogen-bond donors (Lipinski definition) is 1. The highest BCUT2D eigenvalue weighted by Gasteiger charge is 2.15. The monoisotopic (exact) mass is 578 g/mol. The topological polar surface area (TPSA) is 78.4 Å². The van der Waals surface area contributed by atoms with Crippen molar-refractivity contribution in [1.82, 2.24) is 5.43 Å². The number of nitrogens with one attached hydrogen (secondary N) is 1. The van der Waals surface area contributed by atoms with E-state index in [-0.39, 0.29) is 19.1 Å². The summed E-state index contributed by atoms with van der Waals surface area (Å²) in [7, 11) is 1.57.